The van der Waals surface area contributed by atoms with E-state index in [0.717, 1.165) is 18.8 Å². The molecule has 0 bridgehead atoms. The molecule has 2 N–H and O–H groups in total. The van der Waals surface area contributed by atoms with Crippen molar-refractivity contribution < 1.29 is 19.1 Å². The Kier molecular flexibility index (Phi) is 4.98. The molecule has 24 heavy (non-hydrogen) atoms. The number of esters is 1. The number of hydrogen-bond donors (Lipinski definition) is 2. The van der Waals surface area contributed by atoms with Crippen LogP contribution in [0.2, 0.25) is 0 Å². The molecule has 7 nitrogen and oxygen atoms in total. The maximum atomic E-state index is 11.9. The van der Waals surface area contributed by atoms with E-state index in [1.165, 1.54) is 12.8 Å². The number of nitrogens with one attached hydrogen (secondary N) is 2. The number of amides is 2. The predicted octanol–water partition coefficient (Wildman–Crippen LogP) is 1.05. The molecule has 2 heterocycles. The number of benzene rings is 1. The summed E-state index contributed by atoms with van der Waals surface area (Å²) in [6.07, 6.45) is 3.16. The van der Waals surface area contributed by atoms with Crippen LogP contribution < -0.4 is 15.5 Å². The highest BCUT2D eigenvalue weighted by atomic mass is 16.5. The minimum absolute atomic E-state index is 0.167. The van der Waals surface area contributed by atoms with Crippen LogP contribution in [-0.2, 0) is 19.1 Å². The average Bonchev–Trinajstić information content (AvgIpc) is 3.25. The van der Waals surface area contributed by atoms with E-state index in [9.17, 15) is 14.4 Å². The van der Waals surface area contributed by atoms with E-state index in [2.05, 4.69) is 15.5 Å². The average molecular weight is 331 g/mol. The highest BCUT2D eigenvalue weighted by molar-refractivity contribution is 5.94. The summed E-state index contributed by atoms with van der Waals surface area (Å²) in [5.74, 6) is -1.14. The van der Waals surface area contributed by atoms with E-state index >= 15 is 0 Å². The second-order valence-corrected chi connectivity index (χ2v) is 6.06. The number of ether oxygens (including phenoxy) is 1. The molecular weight excluding hydrogens is 310 g/mol. The molecule has 0 unspecified atom stereocenters. The third-order valence-electron chi connectivity index (χ3n) is 4.25. The van der Waals surface area contributed by atoms with Gasteiger partial charge in [-0.1, -0.05) is 0 Å². The third-order valence-corrected chi connectivity index (χ3v) is 4.25. The summed E-state index contributed by atoms with van der Waals surface area (Å²) in [6.45, 7) is 1.78. The van der Waals surface area contributed by atoms with Gasteiger partial charge in [-0.3, -0.25) is 9.59 Å². The van der Waals surface area contributed by atoms with Gasteiger partial charge in [0.05, 0.1) is 0 Å². The summed E-state index contributed by atoms with van der Waals surface area (Å²) >= 11 is 0. The molecule has 1 atom stereocenters. The van der Waals surface area contributed by atoms with Crippen LogP contribution in [0.15, 0.2) is 24.3 Å². The molecule has 0 aromatic heterocycles. The van der Waals surface area contributed by atoms with E-state index in [1.807, 2.05) is 24.3 Å². The van der Waals surface area contributed by atoms with Gasteiger partial charge in [-0.2, -0.15) is 0 Å². The standard InChI is InChI=1S/C17H21N3O4/c21-15-8-7-14(19-15)17(23)24-11-16(22)18-12-3-5-13(6-4-12)20-9-1-2-10-20/h3-6,14H,1-2,7-11H2,(H,18,22)(H,19,21)/t14-/m1/s1. The Balaban J connectivity index is 1.44. The van der Waals surface area contributed by atoms with Crippen molar-refractivity contribution in [1.82, 2.24) is 5.32 Å². The fourth-order valence-corrected chi connectivity index (χ4v) is 2.96. The van der Waals surface area contributed by atoms with Crippen LogP contribution in [0.4, 0.5) is 11.4 Å². The van der Waals surface area contributed by atoms with Gasteiger partial charge in [-0.25, -0.2) is 4.79 Å². The summed E-state index contributed by atoms with van der Waals surface area (Å²) in [4.78, 5) is 36.9. The first-order valence-corrected chi connectivity index (χ1v) is 8.23. The summed E-state index contributed by atoms with van der Waals surface area (Å²) in [5, 5.41) is 5.20. The molecule has 2 amide bonds. The first-order chi connectivity index (χ1) is 11.6. The van der Waals surface area contributed by atoms with Gasteiger partial charge in [0.1, 0.15) is 6.04 Å². The third kappa shape index (κ3) is 4.04. The summed E-state index contributed by atoms with van der Waals surface area (Å²) in [7, 11) is 0. The largest absolute Gasteiger partial charge is 0.454 e. The van der Waals surface area contributed by atoms with Crippen molar-refractivity contribution in [2.75, 3.05) is 29.9 Å². The van der Waals surface area contributed by atoms with Crippen molar-refractivity contribution >= 4 is 29.2 Å². The maximum Gasteiger partial charge on any atom is 0.329 e. The summed E-state index contributed by atoms with van der Waals surface area (Å²) < 4.78 is 4.94. The van der Waals surface area contributed by atoms with Crippen molar-refractivity contribution in [1.29, 1.82) is 0 Å². The van der Waals surface area contributed by atoms with Crippen molar-refractivity contribution in [3.8, 4) is 0 Å². The number of nitrogens with zero attached hydrogens (tertiary/aromatic N) is 1. The zero-order valence-corrected chi connectivity index (χ0v) is 13.4. The van der Waals surface area contributed by atoms with Crippen LogP contribution in [-0.4, -0.2) is 43.5 Å². The quantitative estimate of drug-likeness (QED) is 0.788. The van der Waals surface area contributed by atoms with E-state index in [4.69, 9.17) is 4.74 Å². The predicted molar refractivity (Wildman–Crippen MR) is 88.6 cm³/mol. The van der Waals surface area contributed by atoms with Gasteiger partial charge in [0, 0.05) is 30.9 Å². The Bertz CT molecular complexity index is 623. The van der Waals surface area contributed by atoms with Crippen LogP contribution in [0.5, 0.6) is 0 Å². The number of hydrogen-bond acceptors (Lipinski definition) is 5. The second kappa shape index (κ2) is 7.33. The first-order valence-electron chi connectivity index (χ1n) is 8.23. The molecule has 2 fully saturated rings. The van der Waals surface area contributed by atoms with E-state index < -0.39 is 17.9 Å². The Labute approximate surface area is 140 Å². The van der Waals surface area contributed by atoms with Crippen molar-refractivity contribution in [3.63, 3.8) is 0 Å². The molecule has 2 aliphatic rings. The molecule has 1 aromatic rings. The molecule has 0 radical (unpaired) electrons. The Morgan fingerprint density at radius 1 is 1.21 bits per heavy atom. The molecule has 2 aliphatic heterocycles. The Hall–Kier alpha value is -2.57. The molecule has 7 heteroatoms. The fraction of sp³-hybridized carbons (Fsp3) is 0.471. The van der Waals surface area contributed by atoms with Gasteiger partial charge >= 0.3 is 5.97 Å². The summed E-state index contributed by atoms with van der Waals surface area (Å²) in [6, 6.07) is 6.99. The monoisotopic (exact) mass is 331 g/mol. The topological polar surface area (TPSA) is 87.7 Å². The van der Waals surface area contributed by atoms with Crippen LogP contribution in [0, 0.1) is 0 Å². The van der Waals surface area contributed by atoms with Gasteiger partial charge < -0.3 is 20.3 Å². The molecular formula is C17H21N3O4. The number of rotatable bonds is 5. The number of carbonyl (C=O) groups excluding carboxylic acids is 3. The number of anilines is 2. The van der Waals surface area contributed by atoms with Crippen molar-refractivity contribution in [2.45, 2.75) is 31.7 Å². The van der Waals surface area contributed by atoms with Gasteiger partial charge in [0.25, 0.3) is 5.91 Å². The van der Waals surface area contributed by atoms with Crippen LogP contribution >= 0.6 is 0 Å². The minimum Gasteiger partial charge on any atom is -0.454 e. The van der Waals surface area contributed by atoms with Crippen LogP contribution in [0.1, 0.15) is 25.7 Å². The number of carbonyl (C=O) groups is 3. The molecule has 1 aromatic carbocycles. The van der Waals surface area contributed by atoms with Crippen LogP contribution in [0.25, 0.3) is 0 Å². The lowest BCUT2D eigenvalue weighted by molar-refractivity contribution is -0.149. The van der Waals surface area contributed by atoms with Gasteiger partial charge in [-0.05, 0) is 43.5 Å². The Morgan fingerprint density at radius 2 is 1.92 bits per heavy atom. The lowest BCUT2D eigenvalue weighted by Crippen LogP contribution is -2.36. The molecule has 0 spiro atoms. The zero-order chi connectivity index (χ0) is 16.9. The highest BCUT2D eigenvalue weighted by Gasteiger charge is 2.28. The van der Waals surface area contributed by atoms with Gasteiger partial charge in [-0.15, -0.1) is 0 Å². The minimum atomic E-state index is -0.634. The smallest absolute Gasteiger partial charge is 0.329 e. The fourth-order valence-electron chi connectivity index (χ4n) is 2.96. The van der Waals surface area contributed by atoms with E-state index in [0.29, 0.717) is 18.5 Å². The maximum absolute atomic E-state index is 11.9. The second-order valence-electron chi connectivity index (χ2n) is 6.06. The molecule has 0 saturated carbocycles. The van der Waals surface area contributed by atoms with Gasteiger partial charge in [0.2, 0.25) is 5.91 Å². The highest BCUT2D eigenvalue weighted by Crippen LogP contribution is 2.22. The van der Waals surface area contributed by atoms with Crippen LogP contribution in [0.3, 0.4) is 0 Å². The molecule has 2 saturated heterocycles. The SMILES string of the molecule is O=C(COC(=O)[C@H]1CCC(=O)N1)Nc1ccc(N2CCCC2)cc1. The molecule has 0 aliphatic carbocycles. The van der Waals surface area contributed by atoms with E-state index in [-0.39, 0.29) is 12.5 Å². The molecule has 128 valence electrons. The first kappa shape index (κ1) is 16.3. The van der Waals surface area contributed by atoms with Crippen molar-refractivity contribution in [3.05, 3.63) is 24.3 Å². The van der Waals surface area contributed by atoms with Crippen molar-refractivity contribution in [2.24, 2.45) is 0 Å². The zero-order valence-electron chi connectivity index (χ0n) is 13.4. The van der Waals surface area contributed by atoms with E-state index in [1.54, 1.807) is 0 Å². The normalized spacial score (nSPS) is 19.9. The molecule has 3 rings (SSSR count). The summed E-state index contributed by atoms with van der Waals surface area (Å²) in [5.41, 5.74) is 1.81. The Morgan fingerprint density at radius 3 is 2.54 bits per heavy atom. The van der Waals surface area contributed by atoms with Gasteiger partial charge in [0.15, 0.2) is 6.61 Å². The lowest BCUT2D eigenvalue weighted by Gasteiger charge is -2.17. The lowest BCUT2D eigenvalue weighted by atomic mass is 10.2.